The average Bonchev–Trinajstić information content (AvgIpc) is 2.86. The van der Waals surface area contributed by atoms with Gasteiger partial charge in [0.1, 0.15) is 0 Å². The summed E-state index contributed by atoms with van der Waals surface area (Å²) in [5, 5.41) is 0. The second-order valence-electron chi connectivity index (χ2n) is 12.7. The maximum Gasteiger partial charge on any atom is 0.0129 e. The van der Waals surface area contributed by atoms with Crippen molar-refractivity contribution in [1.82, 2.24) is 0 Å². The van der Waals surface area contributed by atoms with Crippen LogP contribution < -0.4 is 0 Å². The number of rotatable bonds is 22. The van der Waals surface area contributed by atoms with Gasteiger partial charge in [0.15, 0.2) is 0 Å². The minimum Gasteiger partial charge on any atom is -0.102 e. The highest BCUT2D eigenvalue weighted by Crippen LogP contribution is 2.43. The van der Waals surface area contributed by atoms with Crippen molar-refractivity contribution in [3.63, 3.8) is 0 Å². The molecule has 0 aromatic carbocycles. The third-order valence-corrected chi connectivity index (χ3v) is 7.83. The van der Waals surface area contributed by atoms with E-state index in [-0.39, 0.29) is 5.41 Å². The Morgan fingerprint density at radius 2 is 0.975 bits per heavy atom. The quantitative estimate of drug-likeness (QED) is 0.0939. The van der Waals surface area contributed by atoms with Gasteiger partial charge in [-0.2, -0.15) is 0 Å². The Morgan fingerprint density at radius 1 is 0.525 bits per heavy atom. The first-order valence-corrected chi connectivity index (χ1v) is 15.7. The Bertz CT molecular complexity index is 956. The van der Waals surface area contributed by atoms with Gasteiger partial charge in [-0.15, -0.1) is 6.58 Å². The van der Waals surface area contributed by atoms with Crippen molar-refractivity contribution >= 4 is 0 Å². The lowest BCUT2D eigenvalue weighted by atomic mass is 9.70. The van der Waals surface area contributed by atoms with Gasteiger partial charge in [-0.1, -0.05) is 95.2 Å². The van der Waals surface area contributed by atoms with E-state index in [0.29, 0.717) is 0 Å². The summed E-state index contributed by atoms with van der Waals surface area (Å²) in [6.07, 6.45) is 27.9. The lowest BCUT2D eigenvalue weighted by Gasteiger charge is -2.34. The van der Waals surface area contributed by atoms with Crippen LogP contribution in [0.4, 0.5) is 0 Å². The summed E-state index contributed by atoms with van der Waals surface area (Å²) >= 11 is 0. The summed E-state index contributed by atoms with van der Waals surface area (Å²) < 4.78 is 0. The molecule has 0 spiro atoms. The van der Waals surface area contributed by atoms with Gasteiger partial charge < -0.3 is 0 Å². The standard InChI is InChI=1S/C40H64/c1-13-40(30-18-27-36(9)24-15-21-33(4)5,31-19-28-37(10)25-16-22-34(6)7)39(12)38(11)29-17-26-35(8)23-14-20-32(2)3/h13,20-22,26,28H,1,9,11-12,14-19,23-25,27,29-31H2,2-8,10H3. The minimum absolute atomic E-state index is 0.115. The number of hydrogen-bond acceptors (Lipinski definition) is 0. The first-order valence-electron chi connectivity index (χ1n) is 15.7. The van der Waals surface area contributed by atoms with Gasteiger partial charge in [-0.25, -0.2) is 0 Å². The predicted octanol–water partition coefficient (Wildman–Crippen LogP) is 13.7. The Hall–Kier alpha value is -2.34. The van der Waals surface area contributed by atoms with Crippen molar-refractivity contribution in [3.05, 3.63) is 107 Å². The predicted molar refractivity (Wildman–Crippen MR) is 186 cm³/mol. The molecule has 0 bridgehead atoms. The van der Waals surface area contributed by atoms with E-state index in [0.717, 1.165) is 83.5 Å². The zero-order valence-corrected chi connectivity index (χ0v) is 28.0. The van der Waals surface area contributed by atoms with Crippen LogP contribution in [0.1, 0.15) is 139 Å². The molecule has 0 saturated heterocycles. The molecule has 0 aromatic heterocycles. The normalized spacial score (nSPS) is 13.2. The highest BCUT2D eigenvalue weighted by molar-refractivity contribution is 5.36. The van der Waals surface area contributed by atoms with Crippen LogP contribution in [0.15, 0.2) is 107 Å². The van der Waals surface area contributed by atoms with Crippen LogP contribution in [0.3, 0.4) is 0 Å². The van der Waals surface area contributed by atoms with Crippen molar-refractivity contribution in [3.8, 4) is 0 Å². The maximum absolute atomic E-state index is 4.64. The van der Waals surface area contributed by atoms with Crippen LogP contribution in [-0.2, 0) is 0 Å². The molecule has 0 saturated carbocycles. The molecule has 0 aliphatic rings. The van der Waals surface area contributed by atoms with E-state index in [9.17, 15) is 0 Å². The van der Waals surface area contributed by atoms with Crippen LogP contribution in [0.2, 0.25) is 0 Å². The Balaban J connectivity index is 5.41. The average molecular weight is 545 g/mol. The first kappa shape index (κ1) is 37.7. The molecule has 0 radical (unpaired) electrons. The highest BCUT2D eigenvalue weighted by atomic mass is 14.3. The fourth-order valence-electron chi connectivity index (χ4n) is 5.05. The topological polar surface area (TPSA) is 0 Å². The van der Waals surface area contributed by atoms with E-state index in [2.05, 4.69) is 118 Å². The molecule has 1 unspecified atom stereocenters. The zero-order chi connectivity index (χ0) is 30.6. The van der Waals surface area contributed by atoms with Crippen molar-refractivity contribution in [1.29, 1.82) is 0 Å². The van der Waals surface area contributed by atoms with Crippen LogP contribution in [0.5, 0.6) is 0 Å². The molecular weight excluding hydrogens is 480 g/mol. The van der Waals surface area contributed by atoms with Crippen LogP contribution in [-0.4, -0.2) is 0 Å². The molecule has 0 amide bonds. The van der Waals surface area contributed by atoms with Crippen molar-refractivity contribution < 1.29 is 0 Å². The summed E-state index contributed by atoms with van der Waals surface area (Å²) in [6, 6.07) is 0. The molecule has 0 aliphatic carbocycles. The Morgan fingerprint density at radius 3 is 1.45 bits per heavy atom. The second kappa shape index (κ2) is 21.4. The monoisotopic (exact) mass is 545 g/mol. The fourth-order valence-corrected chi connectivity index (χ4v) is 5.05. The molecule has 40 heavy (non-hydrogen) atoms. The number of hydrogen-bond donors (Lipinski definition) is 0. The van der Waals surface area contributed by atoms with E-state index in [1.165, 1.54) is 44.6 Å². The van der Waals surface area contributed by atoms with Crippen LogP contribution in [0, 0.1) is 5.41 Å². The van der Waals surface area contributed by atoms with E-state index in [4.69, 9.17) is 0 Å². The molecule has 0 heterocycles. The zero-order valence-electron chi connectivity index (χ0n) is 28.0. The number of allylic oxidation sites excluding steroid dienone is 14. The lowest BCUT2D eigenvalue weighted by Crippen LogP contribution is -2.21. The molecule has 0 nitrogen and oxygen atoms in total. The van der Waals surface area contributed by atoms with E-state index >= 15 is 0 Å². The van der Waals surface area contributed by atoms with Gasteiger partial charge in [0.25, 0.3) is 0 Å². The SMILES string of the molecule is C=CC(CCC=C(C)CCC=C(C)C)(CCCC(=C)CCC=C(C)C)C(=C)C(=C)CCC=C(C)CCC=C(C)C. The summed E-state index contributed by atoms with van der Waals surface area (Å²) in [4.78, 5) is 0. The fraction of sp³-hybridized carbons (Fsp3) is 0.550. The summed E-state index contributed by atoms with van der Waals surface area (Å²) in [5.41, 5.74) is 10.7. The van der Waals surface area contributed by atoms with Gasteiger partial charge >= 0.3 is 0 Å². The van der Waals surface area contributed by atoms with E-state index in [1.54, 1.807) is 0 Å². The van der Waals surface area contributed by atoms with Gasteiger partial charge in [0, 0.05) is 5.41 Å². The van der Waals surface area contributed by atoms with Crippen molar-refractivity contribution in [2.75, 3.05) is 0 Å². The Kier molecular flexibility index (Phi) is 20.2. The molecule has 1 atom stereocenters. The molecule has 0 aliphatic heterocycles. The van der Waals surface area contributed by atoms with Gasteiger partial charge in [-0.3, -0.25) is 0 Å². The van der Waals surface area contributed by atoms with Crippen molar-refractivity contribution in [2.24, 2.45) is 5.41 Å². The van der Waals surface area contributed by atoms with E-state index < -0.39 is 0 Å². The molecule has 0 N–H and O–H groups in total. The molecule has 224 valence electrons. The van der Waals surface area contributed by atoms with Crippen molar-refractivity contribution in [2.45, 2.75) is 139 Å². The summed E-state index contributed by atoms with van der Waals surface area (Å²) in [6.45, 7) is 35.4. The Labute approximate surface area is 251 Å². The molecule has 0 rings (SSSR count). The maximum atomic E-state index is 4.64. The smallest absolute Gasteiger partial charge is 0.0129 e. The third-order valence-electron chi connectivity index (χ3n) is 7.83. The van der Waals surface area contributed by atoms with Gasteiger partial charge in [0.2, 0.25) is 0 Å². The highest BCUT2D eigenvalue weighted by Gasteiger charge is 2.30. The third kappa shape index (κ3) is 18.1. The van der Waals surface area contributed by atoms with Gasteiger partial charge in [0.05, 0.1) is 0 Å². The first-order chi connectivity index (χ1) is 18.8. The second-order valence-corrected chi connectivity index (χ2v) is 12.7. The minimum atomic E-state index is -0.115. The van der Waals surface area contributed by atoms with Crippen LogP contribution in [0.25, 0.3) is 0 Å². The lowest BCUT2D eigenvalue weighted by molar-refractivity contribution is 0.382. The largest absolute Gasteiger partial charge is 0.102 e. The summed E-state index contributed by atoms with van der Waals surface area (Å²) in [7, 11) is 0. The molecule has 0 aromatic rings. The molecule has 0 fully saturated rings. The van der Waals surface area contributed by atoms with E-state index in [1.807, 2.05) is 0 Å². The molecule has 0 heteroatoms. The van der Waals surface area contributed by atoms with Crippen LogP contribution >= 0.6 is 0 Å². The molecular formula is C40H64. The van der Waals surface area contributed by atoms with Gasteiger partial charge in [-0.05, 0) is 144 Å². The summed E-state index contributed by atoms with van der Waals surface area (Å²) in [5.74, 6) is 0.